The maximum absolute atomic E-state index is 13.8. The number of piperidine rings is 1. The van der Waals surface area contributed by atoms with E-state index in [4.69, 9.17) is 13.9 Å². The second kappa shape index (κ2) is 9.13. The van der Waals surface area contributed by atoms with Crippen LogP contribution in [-0.4, -0.2) is 71.3 Å². The van der Waals surface area contributed by atoms with Gasteiger partial charge in [0, 0.05) is 36.3 Å². The highest BCUT2D eigenvalue weighted by Crippen LogP contribution is 2.66. The molecule has 3 fully saturated rings. The van der Waals surface area contributed by atoms with Crippen LogP contribution in [0, 0.1) is 11.8 Å². The van der Waals surface area contributed by atoms with Crippen molar-refractivity contribution in [1.29, 1.82) is 0 Å². The SMILES string of the molecule is COc1ccc2c3c1O[C@H]1[C@H](N(CC(C)C)C(=O)/C=C/c4ccoc4)CCC4(O)[C@@H](C2)N(CC2CC2)CC[C@]314. The van der Waals surface area contributed by atoms with Crippen molar-refractivity contribution >= 4 is 12.0 Å². The van der Waals surface area contributed by atoms with Crippen molar-refractivity contribution in [3.63, 3.8) is 0 Å². The number of carbonyl (C=O) groups excluding carboxylic acids is 1. The van der Waals surface area contributed by atoms with Gasteiger partial charge in [-0.2, -0.15) is 0 Å². The van der Waals surface area contributed by atoms with Crippen molar-refractivity contribution in [3.8, 4) is 11.5 Å². The quantitative estimate of drug-likeness (QED) is 0.508. The third kappa shape index (κ3) is 3.72. The summed E-state index contributed by atoms with van der Waals surface area (Å²) in [6.45, 7) is 6.95. The summed E-state index contributed by atoms with van der Waals surface area (Å²) in [6, 6.07) is 5.98. The van der Waals surface area contributed by atoms with Gasteiger partial charge >= 0.3 is 0 Å². The van der Waals surface area contributed by atoms with Crippen molar-refractivity contribution in [2.45, 2.75) is 81.6 Å². The third-order valence-electron chi connectivity index (χ3n) is 10.1. The summed E-state index contributed by atoms with van der Waals surface area (Å²) in [6.07, 6.45) is 12.0. The number of hydrogen-bond donors (Lipinski definition) is 1. The van der Waals surface area contributed by atoms with E-state index in [0.29, 0.717) is 25.3 Å². The lowest BCUT2D eigenvalue weighted by atomic mass is 9.48. The molecule has 3 aliphatic carbocycles. The Morgan fingerprint density at radius 1 is 1.26 bits per heavy atom. The highest BCUT2D eigenvalue weighted by atomic mass is 16.5. The summed E-state index contributed by atoms with van der Waals surface area (Å²) in [7, 11) is 1.68. The molecule has 2 bridgehead atoms. The second-order valence-electron chi connectivity index (χ2n) is 12.9. The van der Waals surface area contributed by atoms with Gasteiger partial charge in [0.15, 0.2) is 11.5 Å². The number of benzene rings is 1. The Hall–Kier alpha value is -2.77. The van der Waals surface area contributed by atoms with Gasteiger partial charge in [0.2, 0.25) is 5.91 Å². The minimum absolute atomic E-state index is 0.0259. The topological polar surface area (TPSA) is 75.4 Å². The molecule has 1 unspecified atom stereocenters. The second-order valence-corrected chi connectivity index (χ2v) is 12.9. The van der Waals surface area contributed by atoms with Crippen LogP contribution < -0.4 is 9.47 Å². The fraction of sp³-hybridized carbons (Fsp3) is 0.594. The fourth-order valence-electron chi connectivity index (χ4n) is 8.34. The number of nitrogens with zero attached hydrogens (tertiary/aromatic N) is 2. The zero-order chi connectivity index (χ0) is 26.9. The fourth-order valence-corrected chi connectivity index (χ4v) is 8.34. The molecule has 1 spiro atoms. The van der Waals surface area contributed by atoms with Crippen molar-refractivity contribution < 1.29 is 23.8 Å². The van der Waals surface area contributed by atoms with E-state index in [-0.39, 0.29) is 24.1 Å². The summed E-state index contributed by atoms with van der Waals surface area (Å²) < 4.78 is 17.9. The van der Waals surface area contributed by atoms with Gasteiger partial charge in [-0.15, -0.1) is 0 Å². The minimum Gasteiger partial charge on any atom is -0.493 e. The molecule has 3 heterocycles. The lowest BCUT2D eigenvalue weighted by Gasteiger charge is -2.65. The first-order valence-electron chi connectivity index (χ1n) is 14.7. The Kier molecular flexibility index (Phi) is 5.90. The lowest BCUT2D eigenvalue weighted by molar-refractivity contribution is -0.201. The van der Waals surface area contributed by atoms with Gasteiger partial charge in [-0.1, -0.05) is 19.9 Å². The summed E-state index contributed by atoms with van der Waals surface area (Å²) in [4.78, 5) is 18.4. The van der Waals surface area contributed by atoms with E-state index in [9.17, 15) is 9.90 Å². The number of methoxy groups -OCH3 is 1. The number of hydrogen-bond acceptors (Lipinski definition) is 6. The van der Waals surface area contributed by atoms with Crippen molar-refractivity contribution in [1.82, 2.24) is 9.80 Å². The normalized spacial score (nSPS) is 32.8. The van der Waals surface area contributed by atoms with E-state index in [2.05, 4.69) is 24.8 Å². The van der Waals surface area contributed by atoms with Crippen LogP contribution in [0.1, 0.15) is 62.6 Å². The molecule has 208 valence electrons. The Balaban J connectivity index is 1.31. The van der Waals surface area contributed by atoms with Gasteiger partial charge in [0.05, 0.1) is 36.7 Å². The van der Waals surface area contributed by atoms with Crippen molar-refractivity contribution in [2.75, 3.05) is 26.7 Å². The van der Waals surface area contributed by atoms with Gasteiger partial charge < -0.3 is 23.9 Å². The van der Waals surface area contributed by atoms with E-state index >= 15 is 0 Å². The Bertz CT molecular complexity index is 1280. The Morgan fingerprint density at radius 3 is 2.82 bits per heavy atom. The van der Waals surface area contributed by atoms with Crippen LogP contribution >= 0.6 is 0 Å². The molecule has 1 N–H and O–H groups in total. The first-order valence-corrected chi connectivity index (χ1v) is 14.7. The van der Waals surface area contributed by atoms with Crippen LogP contribution in [0.5, 0.6) is 11.5 Å². The van der Waals surface area contributed by atoms with E-state index < -0.39 is 11.0 Å². The maximum atomic E-state index is 13.8. The summed E-state index contributed by atoms with van der Waals surface area (Å²) in [5.41, 5.74) is 1.83. The highest BCUT2D eigenvalue weighted by Gasteiger charge is 2.73. The van der Waals surface area contributed by atoms with Gasteiger partial charge in [0.1, 0.15) is 6.10 Å². The molecule has 7 heteroatoms. The van der Waals surface area contributed by atoms with E-state index in [1.54, 1.807) is 25.7 Å². The number of furan rings is 1. The standard InChI is InChI=1S/C32H40N2O5/c1-20(2)17-34(27(35)9-6-22-11-15-38-19-22)24-10-12-32(36)26-16-23-7-8-25(37-3)29-28(23)31(32,30(24)39-29)13-14-33(26)18-21-4-5-21/h6-9,11,15,19-21,24,26,30,36H,4-5,10,12-14,16-18H2,1-3H3/b9-6+/t24-,26-,30+,31+,32?/m1/s1. The number of ether oxygens (including phenoxy) is 2. The average Bonchev–Trinajstić information content (AvgIpc) is 3.43. The Labute approximate surface area is 230 Å². The lowest BCUT2D eigenvalue weighted by Crippen LogP contribution is -2.78. The maximum Gasteiger partial charge on any atom is 0.246 e. The van der Waals surface area contributed by atoms with Crippen molar-refractivity contribution in [2.24, 2.45) is 11.8 Å². The van der Waals surface area contributed by atoms with Gasteiger partial charge in [-0.25, -0.2) is 0 Å². The van der Waals surface area contributed by atoms with E-state index in [0.717, 1.165) is 54.5 Å². The summed E-state index contributed by atoms with van der Waals surface area (Å²) in [5.74, 6) is 2.54. The monoisotopic (exact) mass is 532 g/mol. The predicted octanol–water partition coefficient (Wildman–Crippen LogP) is 4.42. The van der Waals surface area contributed by atoms with Crippen LogP contribution in [-0.2, 0) is 16.6 Å². The minimum atomic E-state index is -0.898. The first kappa shape index (κ1) is 25.2. The van der Waals surface area contributed by atoms with Crippen LogP contribution in [0.3, 0.4) is 0 Å². The van der Waals surface area contributed by atoms with E-state index in [1.807, 2.05) is 23.1 Å². The molecular weight excluding hydrogens is 492 g/mol. The molecule has 1 saturated heterocycles. The number of amides is 1. The predicted molar refractivity (Wildman–Crippen MR) is 148 cm³/mol. The van der Waals surface area contributed by atoms with Gasteiger partial charge in [-0.05, 0) is 80.7 Å². The molecule has 2 saturated carbocycles. The van der Waals surface area contributed by atoms with Crippen LogP contribution in [0.4, 0.5) is 0 Å². The van der Waals surface area contributed by atoms with Crippen molar-refractivity contribution in [3.05, 3.63) is 53.5 Å². The smallest absolute Gasteiger partial charge is 0.246 e. The van der Waals surface area contributed by atoms with Crippen LogP contribution in [0.25, 0.3) is 6.08 Å². The van der Waals surface area contributed by atoms with Crippen LogP contribution in [0.15, 0.2) is 41.2 Å². The van der Waals surface area contributed by atoms with Crippen LogP contribution in [0.2, 0.25) is 0 Å². The molecule has 7 rings (SSSR count). The largest absolute Gasteiger partial charge is 0.493 e. The first-order chi connectivity index (χ1) is 18.9. The molecule has 5 atom stereocenters. The number of aliphatic hydroxyl groups is 1. The molecule has 1 aromatic heterocycles. The van der Waals surface area contributed by atoms with Gasteiger partial charge in [0.25, 0.3) is 0 Å². The highest BCUT2D eigenvalue weighted by molar-refractivity contribution is 5.92. The summed E-state index contributed by atoms with van der Waals surface area (Å²) in [5, 5.41) is 12.8. The molecule has 7 nitrogen and oxygen atoms in total. The average molecular weight is 533 g/mol. The molecule has 5 aliphatic rings. The zero-order valence-electron chi connectivity index (χ0n) is 23.3. The molecule has 2 aromatic rings. The third-order valence-corrected chi connectivity index (χ3v) is 10.1. The molecule has 0 radical (unpaired) electrons. The molecule has 2 aliphatic heterocycles. The zero-order valence-corrected chi connectivity index (χ0v) is 23.3. The van der Waals surface area contributed by atoms with Gasteiger partial charge in [-0.3, -0.25) is 9.69 Å². The molecular formula is C32H40N2O5. The number of likely N-dealkylation sites (tertiary alicyclic amines) is 1. The van der Waals surface area contributed by atoms with E-state index in [1.165, 1.54) is 18.4 Å². The Morgan fingerprint density at radius 2 is 2.10 bits per heavy atom. The molecule has 39 heavy (non-hydrogen) atoms. The molecule has 1 amide bonds. The molecule has 1 aromatic carbocycles. The summed E-state index contributed by atoms with van der Waals surface area (Å²) >= 11 is 0. The number of carbonyl (C=O) groups is 1. The number of rotatable bonds is 8.